The summed E-state index contributed by atoms with van der Waals surface area (Å²) >= 11 is 6.47. The molecule has 1 fully saturated rings. The molecule has 2 heterocycles. The zero-order valence-electron chi connectivity index (χ0n) is 19.0. The number of hydrogen-bond acceptors (Lipinski definition) is 5. The molecule has 0 atom stereocenters. The quantitative estimate of drug-likeness (QED) is 0.508. The minimum Gasteiger partial charge on any atom is -0.494 e. The molecule has 3 aromatic rings. The van der Waals surface area contributed by atoms with Crippen LogP contribution in [0.2, 0.25) is 5.02 Å². The SMILES string of the molecule is CCCOC(=O)N1CCN(C(=O)c2ccc3c(Cl)cc(-c4ccc(OC)c(F)c4)nc3c2)CC1. The van der Waals surface area contributed by atoms with Crippen molar-refractivity contribution in [3.8, 4) is 17.0 Å². The summed E-state index contributed by atoms with van der Waals surface area (Å²) in [5.41, 5.74) is 2.04. The molecular formula is C25H25ClFN3O4. The van der Waals surface area contributed by atoms with Gasteiger partial charge in [0.1, 0.15) is 0 Å². The van der Waals surface area contributed by atoms with E-state index in [1.54, 1.807) is 40.1 Å². The van der Waals surface area contributed by atoms with Crippen molar-refractivity contribution in [1.82, 2.24) is 14.8 Å². The molecule has 1 aliphatic heterocycles. The third-order valence-electron chi connectivity index (χ3n) is 5.71. The lowest BCUT2D eigenvalue weighted by molar-refractivity contribution is 0.0560. The standard InChI is InChI=1S/C25H25ClFN3O4/c1-3-12-34-25(32)30-10-8-29(9-11-30)24(31)17-4-6-18-19(26)15-21(28-22(18)14-17)16-5-7-23(33-2)20(27)13-16/h4-7,13-15H,3,8-12H2,1-2H3. The molecule has 0 saturated carbocycles. The maximum Gasteiger partial charge on any atom is 0.409 e. The van der Waals surface area contributed by atoms with E-state index in [1.165, 1.54) is 19.2 Å². The van der Waals surface area contributed by atoms with Crippen LogP contribution >= 0.6 is 11.6 Å². The first-order chi connectivity index (χ1) is 16.4. The first-order valence-corrected chi connectivity index (χ1v) is 11.4. The van der Waals surface area contributed by atoms with Gasteiger partial charge in [0.2, 0.25) is 0 Å². The number of nitrogens with zero attached hydrogens (tertiary/aromatic N) is 3. The largest absolute Gasteiger partial charge is 0.494 e. The Labute approximate surface area is 202 Å². The number of ether oxygens (including phenoxy) is 2. The van der Waals surface area contributed by atoms with Crippen LogP contribution in [-0.2, 0) is 4.74 Å². The number of piperazine rings is 1. The number of fused-ring (bicyclic) bond motifs is 1. The van der Waals surface area contributed by atoms with Crippen molar-refractivity contribution in [2.45, 2.75) is 13.3 Å². The molecule has 0 spiro atoms. The van der Waals surface area contributed by atoms with Crippen molar-refractivity contribution in [2.24, 2.45) is 0 Å². The number of carbonyl (C=O) groups excluding carboxylic acids is 2. The zero-order chi connectivity index (χ0) is 24.2. The average Bonchev–Trinajstić information content (AvgIpc) is 2.86. The number of methoxy groups -OCH3 is 1. The first-order valence-electron chi connectivity index (χ1n) is 11.1. The molecule has 1 saturated heterocycles. The van der Waals surface area contributed by atoms with Gasteiger partial charge >= 0.3 is 6.09 Å². The van der Waals surface area contributed by atoms with E-state index in [0.29, 0.717) is 65.5 Å². The molecule has 0 radical (unpaired) electrons. The number of aromatic nitrogens is 1. The number of rotatable bonds is 5. The number of hydrogen-bond donors (Lipinski definition) is 0. The average molecular weight is 486 g/mol. The van der Waals surface area contributed by atoms with E-state index in [0.717, 1.165) is 6.42 Å². The van der Waals surface area contributed by atoms with E-state index in [-0.39, 0.29) is 17.7 Å². The highest BCUT2D eigenvalue weighted by Gasteiger charge is 2.26. The topological polar surface area (TPSA) is 72.0 Å². The predicted octanol–water partition coefficient (Wildman–Crippen LogP) is 5.01. The number of halogens is 2. The van der Waals surface area contributed by atoms with Gasteiger partial charge in [0.15, 0.2) is 11.6 Å². The Morgan fingerprint density at radius 3 is 2.47 bits per heavy atom. The van der Waals surface area contributed by atoms with Gasteiger partial charge in [0.05, 0.1) is 29.9 Å². The number of amides is 2. The molecule has 0 unspecified atom stereocenters. The molecule has 0 N–H and O–H groups in total. The van der Waals surface area contributed by atoms with Crippen molar-refractivity contribution in [3.63, 3.8) is 0 Å². The molecule has 9 heteroatoms. The Kier molecular flexibility index (Phi) is 7.17. The van der Waals surface area contributed by atoms with Gasteiger partial charge in [-0.25, -0.2) is 14.2 Å². The smallest absolute Gasteiger partial charge is 0.409 e. The van der Waals surface area contributed by atoms with Crippen molar-refractivity contribution in [2.75, 3.05) is 39.9 Å². The molecular weight excluding hydrogens is 461 g/mol. The Bertz CT molecular complexity index is 1230. The highest BCUT2D eigenvalue weighted by Crippen LogP contribution is 2.31. The molecule has 0 bridgehead atoms. The van der Waals surface area contributed by atoms with Gasteiger partial charge in [-0.15, -0.1) is 0 Å². The summed E-state index contributed by atoms with van der Waals surface area (Å²) in [4.78, 5) is 33.1. The Hall–Kier alpha value is -3.39. The third kappa shape index (κ3) is 4.92. The van der Waals surface area contributed by atoms with Crippen LogP contribution in [0.25, 0.3) is 22.2 Å². The minimum atomic E-state index is -0.500. The van der Waals surface area contributed by atoms with Gasteiger partial charge in [-0.2, -0.15) is 0 Å². The van der Waals surface area contributed by atoms with Crippen molar-refractivity contribution in [1.29, 1.82) is 0 Å². The summed E-state index contributed by atoms with van der Waals surface area (Å²) in [6.45, 7) is 3.98. The van der Waals surface area contributed by atoms with Crippen molar-refractivity contribution >= 4 is 34.5 Å². The second-order valence-electron chi connectivity index (χ2n) is 7.96. The summed E-state index contributed by atoms with van der Waals surface area (Å²) in [6, 6.07) is 11.4. The molecule has 2 aromatic carbocycles. The Morgan fingerprint density at radius 1 is 1.06 bits per heavy atom. The van der Waals surface area contributed by atoms with Gasteiger partial charge in [0, 0.05) is 42.7 Å². The van der Waals surface area contributed by atoms with Crippen molar-refractivity contribution < 1.29 is 23.5 Å². The maximum absolute atomic E-state index is 14.2. The van der Waals surface area contributed by atoms with Gasteiger partial charge in [0.25, 0.3) is 5.91 Å². The lowest BCUT2D eigenvalue weighted by atomic mass is 10.1. The lowest BCUT2D eigenvalue weighted by Crippen LogP contribution is -2.50. The summed E-state index contributed by atoms with van der Waals surface area (Å²) in [5.74, 6) is -0.510. The summed E-state index contributed by atoms with van der Waals surface area (Å²) in [6.07, 6.45) is 0.417. The molecule has 178 valence electrons. The van der Waals surface area contributed by atoms with Crippen LogP contribution in [0.4, 0.5) is 9.18 Å². The van der Waals surface area contributed by atoms with Crippen LogP contribution in [0, 0.1) is 5.82 Å². The van der Waals surface area contributed by atoms with E-state index in [9.17, 15) is 14.0 Å². The molecule has 7 nitrogen and oxygen atoms in total. The molecule has 1 aliphatic rings. The fourth-order valence-corrected chi connectivity index (χ4v) is 4.11. The van der Waals surface area contributed by atoms with Gasteiger partial charge < -0.3 is 19.3 Å². The highest BCUT2D eigenvalue weighted by atomic mass is 35.5. The van der Waals surface area contributed by atoms with Crippen LogP contribution < -0.4 is 4.74 Å². The molecule has 4 rings (SSSR count). The normalized spacial score (nSPS) is 13.8. The Balaban J connectivity index is 1.54. The molecule has 0 aliphatic carbocycles. The monoisotopic (exact) mass is 485 g/mol. The van der Waals surface area contributed by atoms with Crippen LogP contribution in [0.3, 0.4) is 0 Å². The molecule has 34 heavy (non-hydrogen) atoms. The van der Waals surface area contributed by atoms with Gasteiger partial charge in [-0.1, -0.05) is 24.6 Å². The zero-order valence-corrected chi connectivity index (χ0v) is 19.8. The fourth-order valence-electron chi connectivity index (χ4n) is 3.85. The van der Waals surface area contributed by atoms with Gasteiger partial charge in [-0.05, 0) is 42.8 Å². The van der Waals surface area contributed by atoms with E-state index in [2.05, 4.69) is 4.98 Å². The third-order valence-corrected chi connectivity index (χ3v) is 6.02. The predicted molar refractivity (Wildman–Crippen MR) is 128 cm³/mol. The van der Waals surface area contributed by atoms with Crippen LogP contribution in [0.1, 0.15) is 23.7 Å². The Morgan fingerprint density at radius 2 is 1.79 bits per heavy atom. The summed E-state index contributed by atoms with van der Waals surface area (Å²) < 4.78 is 24.3. The van der Waals surface area contributed by atoms with Crippen LogP contribution in [0.5, 0.6) is 5.75 Å². The second kappa shape index (κ2) is 10.3. The fraction of sp³-hybridized carbons (Fsp3) is 0.320. The summed E-state index contributed by atoms with van der Waals surface area (Å²) in [7, 11) is 1.40. The first kappa shape index (κ1) is 23.8. The van der Waals surface area contributed by atoms with E-state index in [1.807, 2.05) is 6.92 Å². The summed E-state index contributed by atoms with van der Waals surface area (Å²) in [5, 5.41) is 1.15. The van der Waals surface area contributed by atoms with E-state index >= 15 is 0 Å². The van der Waals surface area contributed by atoms with Gasteiger partial charge in [-0.3, -0.25) is 4.79 Å². The highest BCUT2D eigenvalue weighted by molar-refractivity contribution is 6.35. The molecule has 2 amide bonds. The minimum absolute atomic E-state index is 0.141. The maximum atomic E-state index is 14.2. The van der Waals surface area contributed by atoms with Crippen LogP contribution in [-0.4, -0.2) is 66.7 Å². The van der Waals surface area contributed by atoms with E-state index < -0.39 is 5.82 Å². The number of pyridine rings is 1. The second-order valence-corrected chi connectivity index (χ2v) is 8.37. The lowest BCUT2D eigenvalue weighted by Gasteiger charge is -2.34. The molecule has 1 aromatic heterocycles. The number of benzene rings is 2. The van der Waals surface area contributed by atoms with Crippen LogP contribution in [0.15, 0.2) is 42.5 Å². The van der Waals surface area contributed by atoms with E-state index in [4.69, 9.17) is 21.1 Å². The van der Waals surface area contributed by atoms with Crippen molar-refractivity contribution in [3.05, 3.63) is 58.9 Å². The number of carbonyl (C=O) groups is 2.